The first-order valence-corrected chi connectivity index (χ1v) is 6.93. The molecule has 0 fully saturated rings. The van der Waals surface area contributed by atoms with Gasteiger partial charge in [-0.15, -0.1) is 0 Å². The zero-order valence-corrected chi connectivity index (χ0v) is 12.6. The lowest BCUT2D eigenvalue weighted by Gasteiger charge is -2.16. The van der Waals surface area contributed by atoms with Crippen molar-refractivity contribution < 1.29 is 9.90 Å². The van der Waals surface area contributed by atoms with Gasteiger partial charge in [-0.05, 0) is 36.1 Å². The molecule has 0 heterocycles. The van der Waals surface area contributed by atoms with Crippen LogP contribution in [0.15, 0.2) is 22.7 Å². The average Bonchev–Trinajstić information content (AvgIpc) is 2.30. The van der Waals surface area contributed by atoms with Crippen LogP contribution < -0.4 is 5.32 Å². The Balaban J connectivity index is 2.56. The van der Waals surface area contributed by atoms with Crippen molar-refractivity contribution in [2.24, 2.45) is 11.8 Å². The lowest BCUT2D eigenvalue weighted by atomic mass is 9.98. The predicted octanol–water partition coefficient (Wildman–Crippen LogP) is 3.53. The highest BCUT2D eigenvalue weighted by Crippen LogP contribution is 2.19. The Morgan fingerprint density at radius 1 is 1.39 bits per heavy atom. The van der Waals surface area contributed by atoms with E-state index < -0.39 is 5.97 Å². The number of hydrogen-bond donors (Lipinski definition) is 2. The molecular weight excluding hydrogens is 294 g/mol. The fourth-order valence-corrected chi connectivity index (χ4v) is 2.01. The summed E-state index contributed by atoms with van der Waals surface area (Å²) in [6.07, 6.45) is 0. The van der Waals surface area contributed by atoms with Gasteiger partial charge >= 0.3 is 5.97 Å². The molecule has 3 nitrogen and oxygen atoms in total. The summed E-state index contributed by atoms with van der Waals surface area (Å²) in [4.78, 5) is 10.8. The minimum atomic E-state index is -0.899. The number of rotatable bonds is 6. The van der Waals surface area contributed by atoms with Gasteiger partial charge in [-0.3, -0.25) is 0 Å². The summed E-state index contributed by atoms with van der Waals surface area (Å²) in [5.74, 6) is 0.390. The van der Waals surface area contributed by atoms with Gasteiger partial charge in [0.05, 0.1) is 5.56 Å². The Hall–Kier alpha value is -0.870. The van der Waals surface area contributed by atoms with Crippen molar-refractivity contribution in [2.75, 3.05) is 6.54 Å². The minimum absolute atomic E-state index is 0.307. The van der Waals surface area contributed by atoms with Crippen molar-refractivity contribution in [3.63, 3.8) is 0 Å². The van der Waals surface area contributed by atoms with E-state index in [1.807, 2.05) is 6.07 Å². The van der Waals surface area contributed by atoms with Gasteiger partial charge in [0.15, 0.2) is 0 Å². The lowest BCUT2D eigenvalue weighted by molar-refractivity contribution is 0.0697. The topological polar surface area (TPSA) is 49.3 Å². The second kappa shape index (κ2) is 6.90. The molecular formula is C14H20BrNO2. The standard InChI is InChI=1S/C14H20BrNO2/c1-9(2)10(3)7-16-8-12-5-4-11(14(17)18)6-13(12)15/h4-6,9-10,16H,7-8H2,1-3H3,(H,17,18). The average molecular weight is 314 g/mol. The summed E-state index contributed by atoms with van der Waals surface area (Å²) in [5.41, 5.74) is 1.39. The summed E-state index contributed by atoms with van der Waals surface area (Å²) in [5, 5.41) is 12.3. The van der Waals surface area contributed by atoms with Gasteiger partial charge in [0.1, 0.15) is 0 Å². The number of nitrogens with one attached hydrogen (secondary N) is 1. The van der Waals surface area contributed by atoms with Crippen LogP contribution in [0, 0.1) is 11.8 Å². The van der Waals surface area contributed by atoms with Crippen molar-refractivity contribution in [1.82, 2.24) is 5.32 Å². The maximum Gasteiger partial charge on any atom is 0.335 e. The Morgan fingerprint density at radius 2 is 2.06 bits per heavy atom. The van der Waals surface area contributed by atoms with Crippen LogP contribution in [0.25, 0.3) is 0 Å². The first-order valence-electron chi connectivity index (χ1n) is 6.14. The maximum atomic E-state index is 10.8. The second-order valence-corrected chi connectivity index (χ2v) is 5.82. The summed E-state index contributed by atoms with van der Waals surface area (Å²) in [7, 11) is 0. The van der Waals surface area contributed by atoms with E-state index in [0.29, 0.717) is 17.4 Å². The number of aromatic carboxylic acids is 1. The van der Waals surface area contributed by atoms with Crippen molar-refractivity contribution in [3.05, 3.63) is 33.8 Å². The molecule has 1 unspecified atom stereocenters. The van der Waals surface area contributed by atoms with Crippen LogP contribution >= 0.6 is 15.9 Å². The van der Waals surface area contributed by atoms with Crippen molar-refractivity contribution in [3.8, 4) is 0 Å². The van der Waals surface area contributed by atoms with Crippen LogP contribution in [0.3, 0.4) is 0 Å². The smallest absolute Gasteiger partial charge is 0.335 e. The normalized spacial score (nSPS) is 12.7. The van der Waals surface area contributed by atoms with E-state index in [0.717, 1.165) is 23.1 Å². The Kier molecular flexibility index (Phi) is 5.82. The Bertz CT molecular complexity index is 418. The predicted molar refractivity (Wildman–Crippen MR) is 76.8 cm³/mol. The van der Waals surface area contributed by atoms with Crippen LogP contribution in [-0.4, -0.2) is 17.6 Å². The molecule has 0 saturated heterocycles. The fraction of sp³-hybridized carbons (Fsp3) is 0.500. The fourth-order valence-electron chi connectivity index (χ4n) is 1.49. The summed E-state index contributed by atoms with van der Waals surface area (Å²) in [6, 6.07) is 5.13. The molecule has 1 rings (SSSR count). The molecule has 0 radical (unpaired) electrons. The van der Waals surface area contributed by atoms with Gasteiger partial charge in [-0.25, -0.2) is 4.79 Å². The molecule has 1 aromatic rings. The molecule has 4 heteroatoms. The molecule has 100 valence electrons. The number of carboxylic acid groups (broad SMARTS) is 1. The molecule has 1 atom stereocenters. The highest BCUT2D eigenvalue weighted by atomic mass is 79.9. The molecule has 0 saturated carbocycles. The monoisotopic (exact) mass is 313 g/mol. The number of carbonyl (C=O) groups is 1. The maximum absolute atomic E-state index is 10.8. The van der Waals surface area contributed by atoms with E-state index in [-0.39, 0.29) is 0 Å². The molecule has 0 spiro atoms. The van der Waals surface area contributed by atoms with E-state index >= 15 is 0 Å². The largest absolute Gasteiger partial charge is 0.478 e. The van der Waals surface area contributed by atoms with E-state index in [9.17, 15) is 4.79 Å². The van der Waals surface area contributed by atoms with Crippen LogP contribution in [0.2, 0.25) is 0 Å². The van der Waals surface area contributed by atoms with Crippen LogP contribution in [0.1, 0.15) is 36.7 Å². The number of halogens is 1. The minimum Gasteiger partial charge on any atom is -0.478 e. The van der Waals surface area contributed by atoms with Gasteiger partial charge in [-0.2, -0.15) is 0 Å². The number of benzene rings is 1. The van der Waals surface area contributed by atoms with Gasteiger partial charge in [0.25, 0.3) is 0 Å². The van der Waals surface area contributed by atoms with E-state index in [2.05, 4.69) is 42.0 Å². The molecule has 0 aromatic heterocycles. The van der Waals surface area contributed by atoms with Crippen molar-refractivity contribution in [1.29, 1.82) is 0 Å². The van der Waals surface area contributed by atoms with Gasteiger partial charge in [0, 0.05) is 11.0 Å². The van der Waals surface area contributed by atoms with Crippen molar-refractivity contribution in [2.45, 2.75) is 27.3 Å². The Labute approximate surface area is 117 Å². The summed E-state index contributed by atoms with van der Waals surface area (Å²) < 4.78 is 0.840. The van der Waals surface area contributed by atoms with Gasteiger partial charge < -0.3 is 10.4 Å². The first-order chi connectivity index (χ1) is 8.41. The van der Waals surface area contributed by atoms with Gasteiger partial charge in [0.2, 0.25) is 0 Å². The van der Waals surface area contributed by atoms with Crippen LogP contribution in [0.4, 0.5) is 0 Å². The lowest BCUT2D eigenvalue weighted by Crippen LogP contribution is -2.23. The van der Waals surface area contributed by atoms with Crippen LogP contribution in [-0.2, 0) is 6.54 Å². The first kappa shape index (κ1) is 15.2. The molecule has 1 aromatic carbocycles. The van der Waals surface area contributed by atoms with E-state index in [1.165, 1.54) is 0 Å². The molecule has 2 N–H and O–H groups in total. The zero-order valence-electron chi connectivity index (χ0n) is 11.0. The second-order valence-electron chi connectivity index (χ2n) is 4.96. The molecule has 0 aliphatic rings. The molecule has 0 aliphatic carbocycles. The van der Waals surface area contributed by atoms with E-state index in [1.54, 1.807) is 12.1 Å². The molecule has 0 bridgehead atoms. The summed E-state index contributed by atoms with van der Waals surface area (Å²) in [6.45, 7) is 8.36. The quantitative estimate of drug-likeness (QED) is 0.844. The highest BCUT2D eigenvalue weighted by molar-refractivity contribution is 9.10. The highest BCUT2D eigenvalue weighted by Gasteiger charge is 2.08. The number of carboxylic acids is 1. The third-order valence-corrected chi connectivity index (χ3v) is 3.96. The van der Waals surface area contributed by atoms with Crippen molar-refractivity contribution >= 4 is 21.9 Å². The summed E-state index contributed by atoms with van der Waals surface area (Å²) >= 11 is 3.41. The Morgan fingerprint density at radius 3 is 2.56 bits per heavy atom. The molecule has 0 aliphatic heterocycles. The molecule has 0 amide bonds. The third-order valence-electron chi connectivity index (χ3n) is 3.22. The van der Waals surface area contributed by atoms with Crippen LogP contribution in [0.5, 0.6) is 0 Å². The third kappa shape index (κ3) is 4.42. The van der Waals surface area contributed by atoms with Gasteiger partial charge in [-0.1, -0.05) is 42.8 Å². The van der Waals surface area contributed by atoms with E-state index in [4.69, 9.17) is 5.11 Å². The zero-order chi connectivity index (χ0) is 13.7. The molecule has 18 heavy (non-hydrogen) atoms. The SMILES string of the molecule is CC(C)C(C)CNCc1ccc(C(=O)O)cc1Br. The number of hydrogen-bond acceptors (Lipinski definition) is 2.